The molecule has 2 nitrogen and oxygen atoms in total. The zero-order valence-corrected chi connectivity index (χ0v) is 9.76. The summed E-state index contributed by atoms with van der Waals surface area (Å²) >= 11 is 0. The molecule has 0 atom stereocenters. The summed E-state index contributed by atoms with van der Waals surface area (Å²) in [6.45, 7) is 3.86. The first-order valence-electron chi connectivity index (χ1n) is 4.98. The van der Waals surface area contributed by atoms with E-state index in [0.717, 1.165) is 11.6 Å². The van der Waals surface area contributed by atoms with Crippen molar-refractivity contribution in [1.29, 1.82) is 0 Å². The zero-order chi connectivity index (χ0) is 12.5. The van der Waals surface area contributed by atoms with Crippen molar-refractivity contribution in [3.63, 3.8) is 0 Å². The molecule has 1 rings (SSSR count). The molecule has 0 aliphatic heterocycles. The van der Waals surface area contributed by atoms with Gasteiger partial charge in [0.05, 0.1) is 0 Å². The van der Waals surface area contributed by atoms with Gasteiger partial charge < -0.3 is 4.90 Å². The molecule has 0 N–H and O–H groups in total. The molecule has 0 saturated carbocycles. The van der Waals surface area contributed by atoms with Gasteiger partial charge in [0.25, 0.3) is 0 Å². The number of anilines is 1. The molecule has 16 heavy (non-hydrogen) atoms. The van der Waals surface area contributed by atoms with Crippen LogP contribution in [-0.2, 0) is 6.18 Å². The second kappa shape index (κ2) is 4.31. The highest BCUT2D eigenvalue weighted by molar-refractivity contribution is 5.54. The van der Waals surface area contributed by atoms with E-state index >= 15 is 0 Å². The number of hydrogen-bond donors (Lipinski definition) is 0. The fourth-order valence-electron chi connectivity index (χ4n) is 1.44. The zero-order valence-electron chi connectivity index (χ0n) is 9.76. The van der Waals surface area contributed by atoms with Gasteiger partial charge >= 0.3 is 6.18 Å². The summed E-state index contributed by atoms with van der Waals surface area (Å²) in [6.07, 6.45) is -3.08. The van der Waals surface area contributed by atoms with Crippen molar-refractivity contribution in [3.05, 3.63) is 23.5 Å². The maximum Gasteiger partial charge on any atom is 0.433 e. The van der Waals surface area contributed by atoms with E-state index in [1.54, 1.807) is 19.0 Å². The summed E-state index contributed by atoms with van der Waals surface area (Å²) in [5.41, 5.74) is 0.538. The molecule has 0 bridgehead atoms. The van der Waals surface area contributed by atoms with Crippen LogP contribution in [-0.4, -0.2) is 19.1 Å². The van der Waals surface area contributed by atoms with Crippen LogP contribution >= 0.6 is 0 Å². The smallest absolute Gasteiger partial charge is 0.377 e. The molecule has 1 aromatic rings. The third-order valence-electron chi connectivity index (χ3n) is 2.31. The van der Waals surface area contributed by atoms with Gasteiger partial charge in [0.2, 0.25) is 0 Å². The molecule has 0 unspecified atom stereocenters. The summed E-state index contributed by atoms with van der Waals surface area (Å²) in [5, 5.41) is 0. The van der Waals surface area contributed by atoms with Crippen LogP contribution in [0.25, 0.3) is 0 Å². The number of pyridine rings is 1. The largest absolute Gasteiger partial charge is 0.433 e. The lowest BCUT2D eigenvalue weighted by Crippen LogP contribution is -2.16. The Morgan fingerprint density at radius 3 is 2.19 bits per heavy atom. The van der Waals surface area contributed by atoms with Crippen molar-refractivity contribution >= 4 is 5.69 Å². The van der Waals surface area contributed by atoms with Gasteiger partial charge in [-0.05, 0) is 17.5 Å². The number of aromatic nitrogens is 1. The lowest BCUT2D eigenvalue weighted by molar-refractivity contribution is -0.141. The van der Waals surface area contributed by atoms with E-state index in [1.165, 1.54) is 6.20 Å². The number of alkyl halides is 3. The van der Waals surface area contributed by atoms with Gasteiger partial charge in [-0.3, -0.25) is 4.98 Å². The summed E-state index contributed by atoms with van der Waals surface area (Å²) in [7, 11) is 3.45. The standard InChI is InChI=1S/C11H15F3N2/c1-7(2)8-6-15-10(11(12,13)14)5-9(8)16(3)4/h5-7H,1-4H3. The van der Waals surface area contributed by atoms with Crippen LogP contribution in [0.2, 0.25) is 0 Å². The minimum atomic E-state index is -4.39. The molecule has 1 aromatic heterocycles. The molecule has 90 valence electrons. The molecule has 0 aliphatic carbocycles. The van der Waals surface area contributed by atoms with E-state index in [2.05, 4.69) is 4.98 Å². The molecule has 5 heteroatoms. The van der Waals surface area contributed by atoms with E-state index in [0.29, 0.717) is 5.69 Å². The van der Waals surface area contributed by atoms with Gasteiger partial charge in [0, 0.05) is 26.0 Å². The topological polar surface area (TPSA) is 16.1 Å². The molecular formula is C11H15F3N2. The molecule has 0 aromatic carbocycles. The maximum atomic E-state index is 12.5. The van der Waals surface area contributed by atoms with Gasteiger partial charge in [0.15, 0.2) is 0 Å². The minimum absolute atomic E-state index is 0.146. The summed E-state index contributed by atoms with van der Waals surface area (Å²) < 4.78 is 37.4. The molecule has 0 spiro atoms. The van der Waals surface area contributed by atoms with Gasteiger partial charge in [-0.1, -0.05) is 13.8 Å². The van der Waals surface area contributed by atoms with E-state index in [-0.39, 0.29) is 5.92 Å². The van der Waals surface area contributed by atoms with Gasteiger partial charge in [-0.25, -0.2) is 0 Å². The molecule has 0 aliphatic rings. The average Bonchev–Trinajstić information content (AvgIpc) is 2.15. The first-order chi connectivity index (χ1) is 7.23. The van der Waals surface area contributed by atoms with Crippen LogP contribution in [0, 0.1) is 0 Å². The third kappa shape index (κ3) is 2.65. The first kappa shape index (κ1) is 12.8. The Balaban J connectivity index is 3.29. The number of nitrogens with zero attached hydrogens (tertiary/aromatic N) is 2. The Kier molecular flexibility index (Phi) is 3.45. The number of hydrogen-bond acceptors (Lipinski definition) is 2. The highest BCUT2D eigenvalue weighted by Gasteiger charge is 2.33. The van der Waals surface area contributed by atoms with Crippen molar-refractivity contribution in [3.8, 4) is 0 Å². The third-order valence-corrected chi connectivity index (χ3v) is 2.31. The minimum Gasteiger partial charge on any atom is -0.377 e. The fraction of sp³-hybridized carbons (Fsp3) is 0.545. The fourth-order valence-corrected chi connectivity index (χ4v) is 1.44. The second-order valence-electron chi connectivity index (χ2n) is 4.18. The Morgan fingerprint density at radius 2 is 1.81 bits per heavy atom. The van der Waals surface area contributed by atoms with E-state index < -0.39 is 11.9 Å². The Bertz CT molecular complexity index is 370. The molecule has 0 radical (unpaired) electrons. The quantitative estimate of drug-likeness (QED) is 0.777. The highest BCUT2D eigenvalue weighted by Crippen LogP contribution is 2.33. The van der Waals surface area contributed by atoms with Crippen molar-refractivity contribution in [1.82, 2.24) is 4.98 Å². The lowest BCUT2D eigenvalue weighted by atomic mass is 10.0. The Hall–Kier alpha value is -1.26. The predicted octanol–water partition coefficient (Wildman–Crippen LogP) is 3.29. The van der Waals surface area contributed by atoms with Gasteiger partial charge in [-0.15, -0.1) is 0 Å². The highest BCUT2D eigenvalue weighted by atomic mass is 19.4. The first-order valence-corrected chi connectivity index (χ1v) is 4.98. The molecule has 0 saturated heterocycles. The van der Waals surface area contributed by atoms with E-state index in [9.17, 15) is 13.2 Å². The number of halogens is 3. The van der Waals surface area contributed by atoms with Crippen LogP contribution in [0.3, 0.4) is 0 Å². The normalized spacial score (nSPS) is 12.0. The molecular weight excluding hydrogens is 217 g/mol. The SMILES string of the molecule is CC(C)c1cnc(C(F)(F)F)cc1N(C)C. The van der Waals surface area contributed by atoms with Crippen molar-refractivity contribution in [2.24, 2.45) is 0 Å². The van der Waals surface area contributed by atoms with Crippen molar-refractivity contribution in [2.45, 2.75) is 25.9 Å². The lowest BCUT2D eigenvalue weighted by Gasteiger charge is -2.20. The average molecular weight is 232 g/mol. The van der Waals surface area contributed by atoms with Crippen LogP contribution < -0.4 is 4.90 Å². The summed E-state index contributed by atoms with van der Waals surface area (Å²) in [6, 6.07) is 1.09. The van der Waals surface area contributed by atoms with E-state index in [1.807, 2.05) is 13.8 Å². The van der Waals surface area contributed by atoms with Gasteiger partial charge in [0.1, 0.15) is 5.69 Å². The Morgan fingerprint density at radius 1 is 1.25 bits per heavy atom. The van der Waals surface area contributed by atoms with Crippen LogP contribution in [0.1, 0.15) is 31.0 Å². The van der Waals surface area contributed by atoms with Crippen LogP contribution in [0.15, 0.2) is 12.3 Å². The van der Waals surface area contributed by atoms with Crippen LogP contribution in [0.4, 0.5) is 18.9 Å². The van der Waals surface area contributed by atoms with E-state index in [4.69, 9.17) is 0 Å². The maximum absolute atomic E-state index is 12.5. The van der Waals surface area contributed by atoms with Crippen LogP contribution in [0.5, 0.6) is 0 Å². The predicted molar refractivity (Wildman–Crippen MR) is 57.7 cm³/mol. The summed E-state index contributed by atoms with van der Waals surface area (Å²) in [4.78, 5) is 5.14. The molecule has 0 amide bonds. The number of rotatable bonds is 2. The molecule has 0 fully saturated rings. The molecule has 1 heterocycles. The van der Waals surface area contributed by atoms with Crippen molar-refractivity contribution in [2.75, 3.05) is 19.0 Å². The van der Waals surface area contributed by atoms with Gasteiger partial charge in [-0.2, -0.15) is 13.2 Å². The Labute approximate surface area is 93.1 Å². The monoisotopic (exact) mass is 232 g/mol. The summed E-state index contributed by atoms with van der Waals surface area (Å²) in [5.74, 6) is 0.146. The second-order valence-corrected chi connectivity index (χ2v) is 4.18. The van der Waals surface area contributed by atoms with Crippen molar-refractivity contribution < 1.29 is 13.2 Å².